The van der Waals surface area contributed by atoms with E-state index in [4.69, 9.17) is 5.73 Å². The Balaban J connectivity index is 3.14. The van der Waals surface area contributed by atoms with Crippen LogP contribution in [0.3, 0.4) is 0 Å². The average molecular weight is 254 g/mol. The SMILES string of the molecule is CCN=C(C#Cc1ccncc1)/C(C=NC)=C(\C)N. The van der Waals surface area contributed by atoms with E-state index in [1.54, 1.807) is 25.7 Å². The maximum absolute atomic E-state index is 5.85. The van der Waals surface area contributed by atoms with E-state index in [0.29, 0.717) is 18.0 Å². The van der Waals surface area contributed by atoms with E-state index in [0.717, 1.165) is 11.1 Å². The van der Waals surface area contributed by atoms with Crippen LogP contribution in [0.25, 0.3) is 0 Å². The topological polar surface area (TPSA) is 63.6 Å². The summed E-state index contributed by atoms with van der Waals surface area (Å²) in [6, 6.07) is 3.70. The van der Waals surface area contributed by atoms with Crippen LogP contribution >= 0.6 is 0 Å². The molecule has 4 nitrogen and oxygen atoms in total. The lowest BCUT2D eigenvalue weighted by atomic mass is 10.1. The molecule has 98 valence electrons. The fourth-order valence-corrected chi connectivity index (χ4v) is 1.40. The first kappa shape index (κ1) is 14.7. The summed E-state index contributed by atoms with van der Waals surface area (Å²) in [6.45, 7) is 4.42. The summed E-state index contributed by atoms with van der Waals surface area (Å²) in [6.07, 6.45) is 5.10. The minimum Gasteiger partial charge on any atom is -0.402 e. The molecule has 1 aromatic rings. The van der Waals surface area contributed by atoms with Gasteiger partial charge in [-0.25, -0.2) is 0 Å². The van der Waals surface area contributed by atoms with Crippen LogP contribution in [0.1, 0.15) is 19.4 Å². The van der Waals surface area contributed by atoms with Crippen molar-refractivity contribution in [1.29, 1.82) is 0 Å². The van der Waals surface area contributed by atoms with Gasteiger partial charge in [0.25, 0.3) is 0 Å². The van der Waals surface area contributed by atoms with Crippen molar-refractivity contribution in [2.45, 2.75) is 13.8 Å². The second-order valence-electron chi connectivity index (χ2n) is 3.79. The summed E-state index contributed by atoms with van der Waals surface area (Å²) in [5.74, 6) is 6.10. The lowest BCUT2D eigenvalue weighted by Gasteiger charge is -2.02. The van der Waals surface area contributed by atoms with E-state index in [2.05, 4.69) is 26.8 Å². The molecule has 0 bridgehead atoms. The molecule has 0 aliphatic carbocycles. The lowest BCUT2D eigenvalue weighted by molar-refractivity contribution is 1.13. The second kappa shape index (κ2) is 7.83. The molecule has 0 spiro atoms. The molecule has 0 amide bonds. The summed E-state index contributed by atoms with van der Waals surface area (Å²) < 4.78 is 0. The first-order chi connectivity index (χ1) is 9.19. The molecule has 0 aliphatic rings. The lowest BCUT2D eigenvalue weighted by Crippen LogP contribution is -2.10. The van der Waals surface area contributed by atoms with Crippen molar-refractivity contribution in [3.05, 3.63) is 41.4 Å². The average Bonchev–Trinajstić information content (AvgIpc) is 2.42. The molecule has 0 atom stereocenters. The third-order valence-electron chi connectivity index (χ3n) is 2.26. The predicted molar refractivity (Wildman–Crippen MR) is 80.4 cm³/mol. The minimum atomic E-state index is 0.648. The van der Waals surface area contributed by atoms with Gasteiger partial charge in [-0.15, -0.1) is 0 Å². The van der Waals surface area contributed by atoms with Crippen molar-refractivity contribution in [3.63, 3.8) is 0 Å². The van der Waals surface area contributed by atoms with Gasteiger partial charge in [-0.2, -0.15) is 0 Å². The van der Waals surface area contributed by atoms with Gasteiger partial charge in [-0.3, -0.25) is 15.0 Å². The van der Waals surface area contributed by atoms with Crippen LogP contribution in [0, 0.1) is 11.8 Å². The van der Waals surface area contributed by atoms with Gasteiger partial charge in [0.15, 0.2) is 0 Å². The number of rotatable bonds is 3. The van der Waals surface area contributed by atoms with Crippen LogP contribution < -0.4 is 5.73 Å². The van der Waals surface area contributed by atoms with Crippen LogP contribution in [0.2, 0.25) is 0 Å². The minimum absolute atomic E-state index is 0.648. The number of hydrogen-bond donors (Lipinski definition) is 1. The fraction of sp³-hybridized carbons (Fsp3) is 0.267. The Morgan fingerprint density at radius 1 is 1.42 bits per heavy atom. The van der Waals surface area contributed by atoms with Crippen molar-refractivity contribution < 1.29 is 0 Å². The zero-order valence-corrected chi connectivity index (χ0v) is 11.5. The monoisotopic (exact) mass is 254 g/mol. The second-order valence-corrected chi connectivity index (χ2v) is 3.79. The summed E-state index contributed by atoms with van der Waals surface area (Å²) in [5.41, 5.74) is 8.82. The van der Waals surface area contributed by atoms with Gasteiger partial charge in [0.05, 0.1) is 0 Å². The molecule has 2 N–H and O–H groups in total. The highest BCUT2D eigenvalue weighted by Gasteiger charge is 2.04. The maximum Gasteiger partial charge on any atom is 0.118 e. The van der Waals surface area contributed by atoms with E-state index < -0.39 is 0 Å². The number of hydrogen-bond acceptors (Lipinski definition) is 4. The van der Waals surface area contributed by atoms with E-state index in [-0.39, 0.29) is 0 Å². The summed E-state index contributed by atoms with van der Waals surface area (Å²) >= 11 is 0. The van der Waals surface area contributed by atoms with Crippen molar-refractivity contribution in [2.24, 2.45) is 15.7 Å². The molecule has 0 saturated carbocycles. The summed E-state index contributed by atoms with van der Waals surface area (Å²) in [4.78, 5) is 12.3. The highest BCUT2D eigenvalue weighted by molar-refractivity contribution is 6.24. The Kier molecular flexibility index (Phi) is 6.04. The molecule has 0 unspecified atom stereocenters. The van der Waals surface area contributed by atoms with E-state index in [9.17, 15) is 0 Å². The molecule has 4 heteroatoms. The molecule has 0 aromatic carbocycles. The van der Waals surface area contributed by atoms with Crippen molar-refractivity contribution in [1.82, 2.24) is 4.98 Å². The smallest absolute Gasteiger partial charge is 0.118 e. The third kappa shape index (κ3) is 4.76. The zero-order valence-electron chi connectivity index (χ0n) is 11.5. The molecule has 0 radical (unpaired) electrons. The molecular formula is C15H18N4. The normalized spacial score (nSPS) is 12.9. The van der Waals surface area contributed by atoms with Gasteiger partial charge in [-0.05, 0) is 31.9 Å². The molecule has 0 fully saturated rings. The third-order valence-corrected chi connectivity index (χ3v) is 2.26. The first-order valence-electron chi connectivity index (χ1n) is 6.04. The van der Waals surface area contributed by atoms with Crippen LogP contribution in [0.15, 0.2) is 45.8 Å². The summed E-state index contributed by atoms with van der Waals surface area (Å²) in [7, 11) is 1.70. The van der Waals surface area contributed by atoms with Crippen molar-refractivity contribution in [3.8, 4) is 11.8 Å². The van der Waals surface area contributed by atoms with Crippen molar-refractivity contribution >= 4 is 11.9 Å². The van der Waals surface area contributed by atoms with Gasteiger partial charge in [-0.1, -0.05) is 5.92 Å². The quantitative estimate of drug-likeness (QED) is 0.660. The van der Waals surface area contributed by atoms with Crippen LogP contribution in [0.4, 0.5) is 0 Å². The number of nitrogens with two attached hydrogens (primary N) is 1. The van der Waals surface area contributed by atoms with E-state index in [1.807, 2.05) is 26.0 Å². The van der Waals surface area contributed by atoms with Crippen LogP contribution in [-0.2, 0) is 0 Å². The van der Waals surface area contributed by atoms with Gasteiger partial charge in [0.1, 0.15) is 5.71 Å². The van der Waals surface area contributed by atoms with Gasteiger partial charge >= 0.3 is 0 Å². The van der Waals surface area contributed by atoms with Gasteiger partial charge in [0.2, 0.25) is 0 Å². The van der Waals surface area contributed by atoms with Gasteiger partial charge < -0.3 is 5.73 Å². The van der Waals surface area contributed by atoms with Crippen LogP contribution in [-0.4, -0.2) is 30.5 Å². The number of allylic oxidation sites excluding steroid dienone is 2. The number of pyridine rings is 1. The Bertz CT molecular complexity index is 553. The standard InChI is InChI=1S/C15H18N4/c1-4-19-15(14(11-17-3)12(2)16)6-5-13-7-9-18-10-8-13/h7-11H,4,16H2,1-3H3/b14-12+,17-11?,19-15?. The van der Waals surface area contributed by atoms with E-state index >= 15 is 0 Å². The molecule has 19 heavy (non-hydrogen) atoms. The van der Waals surface area contributed by atoms with Crippen molar-refractivity contribution in [2.75, 3.05) is 13.6 Å². The largest absolute Gasteiger partial charge is 0.402 e. The Labute approximate surface area is 114 Å². The molecule has 1 heterocycles. The first-order valence-corrected chi connectivity index (χ1v) is 6.04. The van der Waals surface area contributed by atoms with Crippen LogP contribution in [0.5, 0.6) is 0 Å². The Morgan fingerprint density at radius 3 is 2.63 bits per heavy atom. The Morgan fingerprint density at radius 2 is 2.11 bits per heavy atom. The number of aromatic nitrogens is 1. The number of aliphatic imine (C=N–C) groups is 2. The van der Waals surface area contributed by atoms with E-state index in [1.165, 1.54) is 0 Å². The summed E-state index contributed by atoms with van der Waals surface area (Å²) in [5, 5.41) is 0. The van der Waals surface area contributed by atoms with Gasteiger partial charge in [0, 0.05) is 49.0 Å². The molecule has 1 aromatic heterocycles. The zero-order chi connectivity index (χ0) is 14.1. The fourth-order valence-electron chi connectivity index (χ4n) is 1.40. The number of nitrogens with zero attached hydrogens (tertiary/aromatic N) is 3. The predicted octanol–water partition coefficient (Wildman–Crippen LogP) is 1.83. The highest BCUT2D eigenvalue weighted by atomic mass is 14.7. The molecule has 0 saturated heterocycles. The highest BCUT2D eigenvalue weighted by Crippen LogP contribution is 2.01. The maximum atomic E-state index is 5.85. The molecular weight excluding hydrogens is 236 g/mol. The molecule has 0 aliphatic heterocycles. The molecule has 1 rings (SSSR count). The Hall–Kier alpha value is -2.41.